The molecule has 35 heavy (non-hydrogen) atoms. The molecule has 4 aromatic rings. The Morgan fingerprint density at radius 1 is 1.23 bits per heavy atom. The first-order valence-electron chi connectivity index (χ1n) is 11.0. The molecule has 0 aliphatic carbocycles. The van der Waals surface area contributed by atoms with E-state index in [4.69, 9.17) is 9.72 Å². The van der Waals surface area contributed by atoms with Crippen molar-refractivity contribution in [1.29, 1.82) is 0 Å². The zero-order valence-corrected chi connectivity index (χ0v) is 19.7. The number of amides is 1. The summed E-state index contributed by atoms with van der Waals surface area (Å²) >= 11 is 0. The Labute approximate surface area is 199 Å². The van der Waals surface area contributed by atoms with Crippen LogP contribution in [0.5, 0.6) is 5.75 Å². The molecule has 2 heterocycles. The molecular weight excluding hydrogens is 461 g/mol. The summed E-state index contributed by atoms with van der Waals surface area (Å²) < 4.78 is 44.5. The number of carbonyl (C=O) groups excluding carboxylic acids is 1. The maximum absolute atomic E-state index is 12.5. The van der Waals surface area contributed by atoms with Crippen molar-refractivity contribution in [3.8, 4) is 17.1 Å². The molecule has 11 heteroatoms. The molecule has 0 saturated carbocycles. The Balaban J connectivity index is 1.65. The highest BCUT2D eigenvalue weighted by atomic mass is 19.4. The number of nitrogens with one attached hydrogen (secondary N) is 2. The topological polar surface area (TPSA) is 97.7 Å². The van der Waals surface area contributed by atoms with Crippen LogP contribution in [0.2, 0.25) is 0 Å². The maximum atomic E-state index is 12.5. The molecule has 4 rings (SSSR count). The average molecular weight is 486 g/mol. The van der Waals surface area contributed by atoms with Crippen molar-refractivity contribution >= 4 is 16.8 Å². The number of ether oxygens (including phenoxy) is 1. The summed E-state index contributed by atoms with van der Waals surface area (Å²) in [6.45, 7) is 4.62. The van der Waals surface area contributed by atoms with Gasteiger partial charge in [-0.3, -0.25) is 9.89 Å². The number of hydrogen-bond acceptors (Lipinski definition) is 5. The van der Waals surface area contributed by atoms with Gasteiger partial charge in [-0.25, -0.2) is 9.67 Å². The molecule has 0 atom stereocenters. The fourth-order valence-corrected chi connectivity index (χ4v) is 3.87. The molecule has 2 aromatic heterocycles. The van der Waals surface area contributed by atoms with Gasteiger partial charge < -0.3 is 10.1 Å². The van der Waals surface area contributed by atoms with Crippen LogP contribution >= 0.6 is 0 Å². The third-order valence-electron chi connectivity index (χ3n) is 5.70. The maximum Gasteiger partial charge on any atom is 0.405 e. The summed E-state index contributed by atoms with van der Waals surface area (Å²) in [5.41, 5.74) is 3.73. The highest BCUT2D eigenvalue weighted by Crippen LogP contribution is 2.28. The van der Waals surface area contributed by atoms with Gasteiger partial charge in [-0.1, -0.05) is 12.1 Å². The lowest BCUT2D eigenvalue weighted by atomic mass is 10.0. The van der Waals surface area contributed by atoms with Gasteiger partial charge in [-0.15, -0.1) is 0 Å². The van der Waals surface area contributed by atoms with Crippen molar-refractivity contribution in [3.63, 3.8) is 0 Å². The summed E-state index contributed by atoms with van der Waals surface area (Å²) in [6.07, 6.45) is -2.16. The molecule has 0 bridgehead atoms. The van der Waals surface area contributed by atoms with Crippen LogP contribution in [0.4, 0.5) is 13.2 Å². The van der Waals surface area contributed by atoms with Crippen LogP contribution in [-0.2, 0) is 6.42 Å². The summed E-state index contributed by atoms with van der Waals surface area (Å²) in [7, 11) is 1.35. The van der Waals surface area contributed by atoms with Gasteiger partial charge in [-0.05, 0) is 50.1 Å². The summed E-state index contributed by atoms with van der Waals surface area (Å²) in [5.74, 6) is 0.436. The van der Waals surface area contributed by atoms with Crippen LogP contribution in [0.25, 0.3) is 22.3 Å². The third-order valence-corrected chi connectivity index (χ3v) is 5.70. The largest absolute Gasteiger partial charge is 0.496 e. The predicted octanol–water partition coefficient (Wildman–Crippen LogP) is 4.60. The van der Waals surface area contributed by atoms with Gasteiger partial charge in [0.25, 0.3) is 5.91 Å². The molecule has 0 spiro atoms. The summed E-state index contributed by atoms with van der Waals surface area (Å²) in [6, 6.07) is 8.61. The molecule has 2 N–H and O–H groups in total. The van der Waals surface area contributed by atoms with E-state index in [-0.39, 0.29) is 17.4 Å². The number of H-pyrrole nitrogens is 1. The summed E-state index contributed by atoms with van der Waals surface area (Å²) in [4.78, 5) is 17.0. The first-order chi connectivity index (χ1) is 16.6. The van der Waals surface area contributed by atoms with Gasteiger partial charge in [0, 0.05) is 23.4 Å². The number of fused-ring (bicyclic) bond motifs is 1. The van der Waals surface area contributed by atoms with Crippen LogP contribution in [0.1, 0.15) is 47.2 Å². The minimum absolute atomic E-state index is 0.00643. The van der Waals surface area contributed by atoms with E-state index >= 15 is 0 Å². The number of methoxy groups -OCH3 is 1. The lowest BCUT2D eigenvalue weighted by Gasteiger charge is -2.12. The molecule has 8 nitrogen and oxygen atoms in total. The lowest BCUT2D eigenvalue weighted by molar-refractivity contribution is -0.123. The Hall–Kier alpha value is -3.89. The number of aromatic amines is 1. The van der Waals surface area contributed by atoms with Crippen molar-refractivity contribution in [2.75, 3.05) is 13.7 Å². The SMILES string of the molecule is COc1cc(-c2nc(Cc3ccc4[nH]ncc4c3C)n(C(C)C)n2)ccc1C(=O)NCC(F)(F)F. The number of aromatic nitrogens is 5. The number of halogens is 3. The lowest BCUT2D eigenvalue weighted by Crippen LogP contribution is -2.33. The monoisotopic (exact) mass is 486 g/mol. The molecule has 184 valence electrons. The van der Waals surface area contributed by atoms with E-state index in [1.54, 1.807) is 18.3 Å². The van der Waals surface area contributed by atoms with Crippen molar-refractivity contribution in [3.05, 3.63) is 59.0 Å². The molecule has 0 unspecified atom stereocenters. The van der Waals surface area contributed by atoms with E-state index in [2.05, 4.69) is 15.3 Å². The summed E-state index contributed by atoms with van der Waals surface area (Å²) in [5, 5.41) is 14.6. The van der Waals surface area contributed by atoms with E-state index in [1.165, 1.54) is 13.2 Å². The fraction of sp³-hybridized carbons (Fsp3) is 0.333. The van der Waals surface area contributed by atoms with E-state index in [1.807, 2.05) is 42.9 Å². The quantitative estimate of drug-likeness (QED) is 0.398. The second-order valence-electron chi connectivity index (χ2n) is 8.46. The molecular formula is C24H25F3N6O2. The average Bonchev–Trinajstić information content (AvgIpc) is 3.46. The van der Waals surface area contributed by atoms with Crippen LogP contribution in [-0.4, -0.2) is 50.7 Å². The van der Waals surface area contributed by atoms with E-state index < -0.39 is 18.6 Å². The second kappa shape index (κ2) is 9.40. The molecule has 0 aliphatic heterocycles. The van der Waals surface area contributed by atoms with Crippen LogP contribution in [0, 0.1) is 6.92 Å². The molecule has 2 aromatic carbocycles. The minimum atomic E-state index is -4.51. The van der Waals surface area contributed by atoms with Crippen LogP contribution in [0.3, 0.4) is 0 Å². The predicted molar refractivity (Wildman–Crippen MR) is 124 cm³/mol. The number of nitrogens with zero attached hydrogens (tertiary/aromatic N) is 4. The Kier molecular flexibility index (Phi) is 6.51. The van der Waals surface area contributed by atoms with Gasteiger partial charge in [0.15, 0.2) is 5.82 Å². The normalized spacial score (nSPS) is 11.9. The number of rotatable bonds is 7. The Bertz CT molecular complexity index is 1370. The van der Waals surface area contributed by atoms with Crippen molar-refractivity contribution in [2.45, 2.75) is 39.4 Å². The molecule has 1 amide bonds. The first-order valence-corrected chi connectivity index (χ1v) is 11.0. The third kappa shape index (κ3) is 5.13. The highest BCUT2D eigenvalue weighted by Gasteiger charge is 2.28. The zero-order chi connectivity index (χ0) is 25.3. The fourth-order valence-electron chi connectivity index (χ4n) is 3.87. The van der Waals surface area contributed by atoms with Crippen LogP contribution in [0.15, 0.2) is 36.5 Å². The molecule has 0 saturated heterocycles. The van der Waals surface area contributed by atoms with Gasteiger partial charge in [0.2, 0.25) is 0 Å². The number of alkyl halides is 3. The number of aryl methyl sites for hydroxylation is 1. The highest BCUT2D eigenvalue weighted by molar-refractivity contribution is 5.97. The van der Waals surface area contributed by atoms with E-state index in [0.717, 1.165) is 27.9 Å². The van der Waals surface area contributed by atoms with Crippen molar-refractivity contribution < 1.29 is 22.7 Å². The van der Waals surface area contributed by atoms with Gasteiger partial charge >= 0.3 is 6.18 Å². The van der Waals surface area contributed by atoms with Gasteiger partial charge in [0.1, 0.15) is 18.1 Å². The number of carbonyl (C=O) groups is 1. The first kappa shape index (κ1) is 24.2. The molecule has 0 fully saturated rings. The van der Waals surface area contributed by atoms with E-state index in [9.17, 15) is 18.0 Å². The number of hydrogen-bond donors (Lipinski definition) is 2. The minimum Gasteiger partial charge on any atom is -0.496 e. The standard InChI is InChI=1S/C24H25F3N6O2/c1-13(2)33-21(10-15-6-8-19-18(14(15)3)11-29-31-19)30-22(32-33)16-5-7-17(20(9-16)35-4)23(34)28-12-24(25,26)27/h5-9,11,13H,10,12H2,1-4H3,(H,28,34)(H,29,31). The Morgan fingerprint density at radius 3 is 2.69 bits per heavy atom. The zero-order valence-electron chi connectivity index (χ0n) is 19.7. The van der Waals surface area contributed by atoms with Gasteiger partial charge in [0.05, 0.1) is 24.4 Å². The molecule has 0 aliphatic rings. The van der Waals surface area contributed by atoms with Crippen LogP contribution < -0.4 is 10.1 Å². The molecule has 0 radical (unpaired) electrons. The number of benzene rings is 2. The second-order valence-corrected chi connectivity index (χ2v) is 8.46. The van der Waals surface area contributed by atoms with Crippen molar-refractivity contribution in [2.24, 2.45) is 0 Å². The van der Waals surface area contributed by atoms with E-state index in [0.29, 0.717) is 17.8 Å². The van der Waals surface area contributed by atoms with Crippen molar-refractivity contribution in [1.82, 2.24) is 30.3 Å². The Morgan fingerprint density at radius 2 is 2.00 bits per heavy atom. The van der Waals surface area contributed by atoms with Gasteiger partial charge in [-0.2, -0.15) is 23.4 Å². The smallest absolute Gasteiger partial charge is 0.405 e.